The summed E-state index contributed by atoms with van der Waals surface area (Å²) >= 11 is 0. The summed E-state index contributed by atoms with van der Waals surface area (Å²) in [5.41, 5.74) is 0.964. The van der Waals surface area contributed by atoms with Crippen LogP contribution in [0.15, 0.2) is 52.8 Å². The van der Waals surface area contributed by atoms with E-state index in [-0.39, 0.29) is 17.4 Å². The van der Waals surface area contributed by atoms with Crippen LogP contribution in [0.25, 0.3) is 6.08 Å². The van der Waals surface area contributed by atoms with Crippen molar-refractivity contribution in [1.29, 1.82) is 0 Å². The third-order valence-electron chi connectivity index (χ3n) is 3.70. The molecule has 0 aliphatic rings. The predicted octanol–water partition coefficient (Wildman–Crippen LogP) is 2.93. The van der Waals surface area contributed by atoms with Crippen molar-refractivity contribution in [3.63, 3.8) is 0 Å². The largest absolute Gasteiger partial charge is 0.497 e. The van der Waals surface area contributed by atoms with Crippen LogP contribution in [0.1, 0.15) is 30.0 Å². The van der Waals surface area contributed by atoms with Gasteiger partial charge in [0.15, 0.2) is 5.76 Å². The molecule has 0 bridgehead atoms. The second kappa shape index (κ2) is 8.73. The molecule has 132 valence electrons. The fraction of sp³-hybridized carbons (Fsp3) is 0.263. The van der Waals surface area contributed by atoms with Crippen LogP contribution >= 0.6 is 0 Å². The highest BCUT2D eigenvalue weighted by Crippen LogP contribution is 2.15. The van der Waals surface area contributed by atoms with E-state index in [4.69, 9.17) is 9.15 Å². The van der Waals surface area contributed by atoms with Crippen molar-refractivity contribution in [2.45, 2.75) is 13.8 Å². The second-order valence-electron chi connectivity index (χ2n) is 5.24. The van der Waals surface area contributed by atoms with Gasteiger partial charge in [0.1, 0.15) is 11.4 Å². The van der Waals surface area contributed by atoms with Gasteiger partial charge in [-0.15, -0.1) is 0 Å². The van der Waals surface area contributed by atoms with Crippen molar-refractivity contribution in [1.82, 2.24) is 10.2 Å². The summed E-state index contributed by atoms with van der Waals surface area (Å²) in [5, 5.41) is 2.65. The Bertz CT molecular complexity index is 729. The van der Waals surface area contributed by atoms with Gasteiger partial charge in [-0.2, -0.15) is 0 Å². The van der Waals surface area contributed by atoms with Crippen molar-refractivity contribution in [3.8, 4) is 5.75 Å². The van der Waals surface area contributed by atoms with E-state index in [2.05, 4.69) is 5.32 Å². The molecule has 2 amide bonds. The third kappa shape index (κ3) is 4.73. The van der Waals surface area contributed by atoms with E-state index in [0.29, 0.717) is 18.8 Å². The van der Waals surface area contributed by atoms with Gasteiger partial charge in [0.05, 0.1) is 13.4 Å². The van der Waals surface area contributed by atoms with Crippen molar-refractivity contribution in [2.75, 3.05) is 20.2 Å². The van der Waals surface area contributed by atoms with Crippen LogP contribution in [0.2, 0.25) is 0 Å². The maximum atomic E-state index is 12.7. The Kier molecular flexibility index (Phi) is 6.39. The fourth-order valence-electron chi connectivity index (χ4n) is 2.29. The molecule has 0 radical (unpaired) electrons. The van der Waals surface area contributed by atoms with Gasteiger partial charge in [-0.25, -0.2) is 0 Å². The first-order chi connectivity index (χ1) is 12.1. The number of hydrogen-bond donors (Lipinski definition) is 1. The van der Waals surface area contributed by atoms with Crippen LogP contribution < -0.4 is 10.1 Å². The van der Waals surface area contributed by atoms with Crippen molar-refractivity contribution in [3.05, 3.63) is 59.7 Å². The van der Waals surface area contributed by atoms with Gasteiger partial charge in [-0.3, -0.25) is 9.59 Å². The van der Waals surface area contributed by atoms with Gasteiger partial charge in [0.25, 0.3) is 11.8 Å². The molecule has 0 saturated carbocycles. The van der Waals surface area contributed by atoms with Crippen LogP contribution in [0, 0.1) is 0 Å². The molecule has 0 fully saturated rings. The van der Waals surface area contributed by atoms with Gasteiger partial charge in [0, 0.05) is 13.1 Å². The van der Waals surface area contributed by atoms with Crippen molar-refractivity contribution >= 4 is 17.9 Å². The number of nitrogens with zero attached hydrogens (tertiary/aromatic N) is 1. The number of likely N-dealkylation sites (N-methyl/N-ethyl adjacent to an activating group) is 1. The Morgan fingerprint density at radius 3 is 2.36 bits per heavy atom. The number of rotatable bonds is 7. The van der Waals surface area contributed by atoms with Gasteiger partial charge in [-0.05, 0) is 49.8 Å². The smallest absolute Gasteiger partial charge is 0.291 e. The summed E-state index contributed by atoms with van der Waals surface area (Å²) < 4.78 is 10.2. The van der Waals surface area contributed by atoms with Gasteiger partial charge in [-0.1, -0.05) is 12.1 Å². The molecule has 6 nitrogen and oxygen atoms in total. The maximum Gasteiger partial charge on any atom is 0.291 e. The van der Waals surface area contributed by atoms with Gasteiger partial charge in [0.2, 0.25) is 0 Å². The molecule has 0 atom stereocenters. The number of nitrogens with one attached hydrogen (secondary N) is 1. The monoisotopic (exact) mass is 342 g/mol. The van der Waals surface area contributed by atoms with E-state index >= 15 is 0 Å². The first-order valence-electron chi connectivity index (χ1n) is 8.08. The second-order valence-corrected chi connectivity index (χ2v) is 5.24. The molecule has 0 aliphatic carbocycles. The highest BCUT2D eigenvalue weighted by atomic mass is 16.5. The van der Waals surface area contributed by atoms with Gasteiger partial charge < -0.3 is 19.4 Å². The lowest BCUT2D eigenvalue weighted by Crippen LogP contribution is -2.38. The molecule has 1 aromatic heterocycles. The lowest BCUT2D eigenvalue weighted by Gasteiger charge is -2.20. The van der Waals surface area contributed by atoms with Crippen LogP contribution in [0.3, 0.4) is 0 Å². The quantitative estimate of drug-likeness (QED) is 0.785. The van der Waals surface area contributed by atoms with Crippen LogP contribution in [0.4, 0.5) is 0 Å². The molecule has 1 N–H and O–H groups in total. The molecule has 6 heteroatoms. The number of carbonyl (C=O) groups excluding carboxylic acids is 2. The zero-order valence-corrected chi connectivity index (χ0v) is 14.6. The maximum absolute atomic E-state index is 12.7. The van der Waals surface area contributed by atoms with E-state index in [1.165, 1.54) is 6.26 Å². The normalized spacial score (nSPS) is 11.1. The number of hydrogen-bond acceptors (Lipinski definition) is 4. The van der Waals surface area contributed by atoms with Crippen LogP contribution in [0.5, 0.6) is 5.75 Å². The van der Waals surface area contributed by atoms with E-state index < -0.39 is 5.91 Å². The molecule has 2 aromatic rings. The average Bonchev–Trinajstić information content (AvgIpc) is 3.17. The fourth-order valence-corrected chi connectivity index (χ4v) is 2.29. The zero-order valence-electron chi connectivity index (χ0n) is 14.6. The Labute approximate surface area is 147 Å². The van der Waals surface area contributed by atoms with E-state index in [9.17, 15) is 9.59 Å². The Hall–Kier alpha value is -3.02. The molecule has 25 heavy (non-hydrogen) atoms. The Morgan fingerprint density at radius 1 is 1.16 bits per heavy atom. The van der Waals surface area contributed by atoms with E-state index in [1.807, 2.05) is 26.0 Å². The Morgan fingerprint density at radius 2 is 1.84 bits per heavy atom. The number of benzene rings is 1. The molecular formula is C19H22N2O4. The number of ether oxygens (including phenoxy) is 1. The van der Waals surface area contributed by atoms with Crippen LogP contribution in [-0.2, 0) is 4.79 Å². The average molecular weight is 342 g/mol. The molecule has 0 aliphatic heterocycles. The lowest BCUT2D eigenvalue weighted by molar-refractivity contribution is -0.127. The molecule has 0 saturated heterocycles. The van der Waals surface area contributed by atoms with Crippen molar-refractivity contribution in [2.24, 2.45) is 0 Å². The summed E-state index contributed by atoms with van der Waals surface area (Å²) in [7, 11) is 1.59. The van der Waals surface area contributed by atoms with Crippen molar-refractivity contribution < 1.29 is 18.7 Å². The highest BCUT2D eigenvalue weighted by Gasteiger charge is 2.19. The SMILES string of the molecule is CCN(CC)C(=O)/C(=C/c1ccc(OC)cc1)NC(=O)c1ccco1. The molecule has 0 spiro atoms. The third-order valence-corrected chi connectivity index (χ3v) is 3.70. The standard InChI is InChI=1S/C19H22N2O4/c1-4-21(5-2)19(23)16(20-18(22)17-7-6-12-25-17)13-14-8-10-15(24-3)11-9-14/h6-13H,4-5H2,1-3H3,(H,20,22)/b16-13-. The minimum absolute atomic E-state index is 0.146. The minimum atomic E-state index is -0.467. The summed E-state index contributed by atoms with van der Waals surface area (Å²) in [6.07, 6.45) is 3.05. The molecular weight excluding hydrogens is 320 g/mol. The molecule has 1 heterocycles. The van der Waals surface area contributed by atoms with E-state index in [1.54, 1.807) is 42.4 Å². The molecule has 0 unspecified atom stereocenters. The number of carbonyl (C=O) groups is 2. The predicted molar refractivity (Wildman–Crippen MR) is 95.1 cm³/mol. The summed E-state index contributed by atoms with van der Waals surface area (Å²) in [6.45, 7) is 4.87. The Balaban J connectivity index is 2.31. The highest BCUT2D eigenvalue weighted by molar-refractivity contribution is 6.04. The number of amides is 2. The molecule has 1 aromatic carbocycles. The summed E-state index contributed by atoms with van der Waals surface area (Å²) in [6, 6.07) is 10.4. The molecule has 2 rings (SSSR count). The van der Waals surface area contributed by atoms with Crippen LogP contribution in [-0.4, -0.2) is 36.9 Å². The first kappa shape index (κ1) is 18.3. The first-order valence-corrected chi connectivity index (χ1v) is 8.08. The van der Waals surface area contributed by atoms with E-state index in [0.717, 1.165) is 5.56 Å². The lowest BCUT2D eigenvalue weighted by atomic mass is 10.1. The summed E-state index contributed by atoms with van der Waals surface area (Å²) in [5.74, 6) is 0.146. The summed E-state index contributed by atoms with van der Waals surface area (Å²) in [4.78, 5) is 26.6. The minimum Gasteiger partial charge on any atom is -0.497 e. The number of methoxy groups -OCH3 is 1. The number of furan rings is 1. The zero-order chi connectivity index (χ0) is 18.2. The van der Waals surface area contributed by atoms with Gasteiger partial charge >= 0.3 is 0 Å². The topological polar surface area (TPSA) is 71.8 Å².